The summed E-state index contributed by atoms with van der Waals surface area (Å²) in [5.74, 6) is 0. The van der Waals surface area contributed by atoms with Gasteiger partial charge in [-0.05, 0) is 33.3 Å². The molecule has 2 unspecified atom stereocenters. The number of nitriles is 1. The van der Waals surface area contributed by atoms with Gasteiger partial charge in [0.25, 0.3) is 0 Å². The molecule has 0 spiro atoms. The van der Waals surface area contributed by atoms with E-state index in [2.05, 4.69) is 18.0 Å². The van der Waals surface area contributed by atoms with Crippen molar-refractivity contribution in [2.75, 3.05) is 6.61 Å². The summed E-state index contributed by atoms with van der Waals surface area (Å²) in [4.78, 5) is 5.37. The second kappa shape index (κ2) is 5.07. The zero-order chi connectivity index (χ0) is 12.4. The molecule has 0 N–H and O–H groups in total. The van der Waals surface area contributed by atoms with E-state index in [1.807, 2.05) is 19.9 Å². The molecule has 0 aromatic carbocycles. The molecule has 1 aromatic rings. The van der Waals surface area contributed by atoms with Crippen LogP contribution in [0.2, 0.25) is 0 Å². The van der Waals surface area contributed by atoms with Gasteiger partial charge in [0.1, 0.15) is 6.07 Å². The predicted molar refractivity (Wildman–Crippen MR) is 68.1 cm³/mol. The second-order valence-electron chi connectivity index (χ2n) is 4.35. The number of nitrogens with zero attached hydrogens (tertiary/aromatic N) is 2. The van der Waals surface area contributed by atoms with Crippen LogP contribution in [0.5, 0.6) is 0 Å². The molecule has 1 fully saturated rings. The van der Waals surface area contributed by atoms with Crippen LogP contribution in [0.25, 0.3) is 0 Å². The van der Waals surface area contributed by atoms with Crippen LogP contribution in [0, 0.1) is 25.2 Å². The first-order valence-electron chi connectivity index (χ1n) is 5.78. The van der Waals surface area contributed by atoms with Crippen LogP contribution in [-0.4, -0.2) is 22.9 Å². The molecular weight excluding hydrogens is 232 g/mol. The largest absolute Gasteiger partial charge is 0.377 e. The van der Waals surface area contributed by atoms with Gasteiger partial charge in [0.15, 0.2) is 0 Å². The Bertz CT molecular complexity index is 467. The zero-order valence-corrected chi connectivity index (χ0v) is 11.2. The average molecular weight is 248 g/mol. The highest BCUT2D eigenvalue weighted by atomic mass is 32.2. The fraction of sp³-hybridized carbons (Fsp3) is 0.538. The van der Waals surface area contributed by atoms with E-state index in [0.717, 1.165) is 29.3 Å². The van der Waals surface area contributed by atoms with Crippen molar-refractivity contribution in [3.05, 3.63) is 23.0 Å². The van der Waals surface area contributed by atoms with Crippen molar-refractivity contribution in [3.8, 4) is 6.07 Å². The molecule has 1 aliphatic rings. The molecule has 1 saturated heterocycles. The summed E-state index contributed by atoms with van der Waals surface area (Å²) >= 11 is 1.75. The van der Waals surface area contributed by atoms with Gasteiger partial charge in [-0.2, -0.15) is 5.26 Å². The van der Waals surface area contributed by atoms with E-state index in [1.54, 1.807) is 11.8 Å². The Labute approximate surface area is 106 Å². The Kier molecular flexibility index (Phi) is 3.70. The van der Waals surface area contributed by atoms with Gasteiger partial charge < -0.3 is 4.74 Å². The maximum Gasteiger partial charge on any atom is 0.102 e. The third-order valence-corrected chi connectivity index (χ3v) is 4.49. The van der Waals surface area contributed by atoms with Gasteiger partial charge in [-0.25, -0.2) is 0 Å². The Morgan fingerprint density at radius 1 is 1.53 bits per heavy atom. The van der Waals surface area contributed by atoms with Crippen molar-refractivity contribution < 1.29 is 4.74 Å². The Hall–Kier alpha value is -1.05. The first kappa shape index (κ1) is 12.4. The lowest BCUT2D eigenvalue weighted by Gasteiger charge is -2.15. The van der Waals surface area contributed by atoms with Crippen LogP contribution in [0.3, 0.4) is 0 Å². The summed E-state index contributed by atoms with van der Waals surface area (Å²) in [5, 5.41) is 9.64. The van der Waals surface area contributed by atoms with Crippen molar-refractivity contribution in [2.45, 2.75) is 43.4 Å². The molecule has 4 heteroatoms. The number of pyridine rings is 1. The number of thioether (sulfide) groups is 1. The number of ether oxygens (including phenoxy) is 1. The monoisotopic (exact) mass is 248 g/mol. The highest BCUT2D eigenvalue weighted by molar-refractivity contribution is 8.00. The number of aryl methyl sites for hydroxylation is 2. The standard InChI is InChI=1S/C13H16N2OS/c1-8-6-13(11(7-14)9(2)15-8)17-12-4-5-16-10(12)3/h6,10,12H,4-5H2,1-3H3. The van der Waals surface area contributed by atoms with E-state index in [-0.39, 0.29) is 6.10 Å². The first-order valence-corrected chi connectivity index (χ1v) is 6.66. The Morgan fingerprint density at radius 2 is 2.29 bits per heavy atom. The lowest BCUT2D eigenvalue weighted by molar-refractivity contribution is 0.127. The molecule has 0 aliphatic carbocycles. The SMILES string of the molecule is Cc1cc(SC2CCOC2C)c(C#N)c(C)n1. The Morgan fingerprint density at radius 3 is 2.88 bits per heavy atom. The van der Waals surface area contributed by atoms with Crippen LogP contribution in [-0.2, 0) is 4.74 Å². The van der Waals surface area contributed by atoms with E-state index in [1.165, 1.54) is 0 Å². The molecule has 1 aromatic heterocycles. The van der Waals surface area contributed by atoms with Gasteiger partial charge in [0, 0.05) is 22.4 Å². The van der Waals surface area contributed by atoms with Crippen molar-refractivity contribution in [1.82, 2.24) is 4.98 Å². The van der Waals surface area contributed by atoms with Crippen LogP contribution >= 0.6 is 11.8 Å². The summed E-state index contributed by atoms with van der Waals surface area (Å²) in [6, 6.07) is 4.26. The van der Waals surface area contributed by atoms with Crippen LogP contribution in [0.15, 0.2) is 11.0 Å². The Balaban J connectivity index is 2.29. The van der Waals surface area contributed by atoms with E-state index >= 15 is 0 Å². The number of aromatic nitrogens is 1. The number of hydrogen-bond acceptors (Lipinski definition) is 4. The van der Waals surface area contributed by atoms with Gasteiger partial charge >= 0.3 is 0 Å². The topological polar surface area (TPSA) is 45.9 Å². The van der Waals surface area contributed by atoms with E-state index in [9.17, 15) is 5.26 Å². The fourth-order valence-corrected chi connectivity index (χ4v) is 3.41. The van der Waals surface area contributed by atoms with Crippen molar-refractivity contribution in [2.24, 2.45) is 0 Å². The summed E-state index contributed by atoms with van der Waals surface area (Å²) in [6.07, 6.45) is 1.32. The molecule has 1 aliphatic heterocycles. The van der Waals surface area contributed by atoms with Crippen molar-refractivity contribution in [1.29, 1.82) is 5.26 Å². The lowest BCUT2D eigenvalue weighted by Crippen LogP contribution is -2.13. The molecular formula is C13H16N2OS. The molecule has 2 heterocycles. The smallest absolute Gasteiger partial charge is 0.102 e. The minimum Gasteiger partial charge on any atom is -0.377 e. The summed E-state index contributed by atoms with van der Waals surface area (Å²) < 4.78 is 5.55. The van der Waals surface area contributed by atoms with Crippen LogP contribution < -0.4 is 0 Å². The normalized spacial score (nSPS) is 23.6. The molecule has 2 rings (SSSR count). The zero-order valence-electron chi connectivity index (χ0n) is 10.4. The molecule has 90 valence electrons. The first-order chi connectivity index (χ1) is 8.11. The van der Waals surface area contributed by atoms with Gasteiger partial charge in [-0.1, -0.05) is 0 Å². The summed E-state index contributed by atoms with van der Waals surface area (Å²) in [6.45, 7) is 6.78. The predicted octanol–water partition coefficient (Wildman–Crippen LogP) is 2.84. The van der Waals surface area contributed by atoms with E-state index < -0.39 is 0 Å². The summed E-state index contributed by atoms with van der Waals surface area (Å²) in [7, 11) is 0. The molecule has 17 heavy (non-hydrogen) atoms. The molecule has 3 nitrogen and oxygen atoms in total. The highest BCUT2D eigenvalue weighted by Gasteiger charge is 2.26. The summed E-state index contributed by atoms with van der Waals surface area (Å²) in [5.41, 5.74) is 2.50. The molecule has 2 atom stereocenters. The molecule has 0 bridgehead atoms. The fourth-order valence-electron chi connectivity index (χ4n) is 2.05. The minimum absolute atomic E-state index is 0.264. The van der Waals surface area contributed by atoms with Crippen LogP contribution in [0.1, 0.15) is 30.3 Å². The quantitative estimate of drug-likeness (QED) is 0.807. The average Bonchev–Trinajstić information content (AvgIpc) is 2.64. The third-order valence-electron chi connectivity index (χ3n) is 2.99. The molecule has 0 radical (unpaired) electrons. The second-order valence-corrected chi connectivity index (χ2v) is 5.64. The molecule has 0 saturated carbocycles. The maximum absolute atomic E-state index is 9.20. The van der Waals surface area contributed by atoms with Gasteiger partial charge in [0.05, 0.1) is 17.4 Å². The third kappa shape index (κ3) is 2.62. The number of hydrogen-bond donors (Lipinski definition) is 0. The maximum atomic E-state index is 9.20. The number of rotatable bonds is 2. The van der Waals surface area contributed by atoms with E-state index in [0.29, 0.717) is 10.8 Å². The van der Waals surface area contributed by atoms with Crippen molar-refractivity contribution >= 4 is 11.8 Å². The minimum atomic E-state index is 0.264. The van der Waals surface area contributed by atoms with Crippen molar-refractivity contribution in [3.63, 3.8) is 0 Å². The lowest BCUT2D eigenvalue weighted by atomic mass is 10.2. The van der Waals surface area contributed by atoms with Gasteiger partial charge in [0.2, 0.25) is 0 Å². The van der Waals surface area contributed by atoms with E-state index in [4.69, 9.17) is 4.74 Å². The van der Waals surface area contributed by atoms with Gasteiger partial charge in [-0.3, -0.25) is 4.98 Å². The van der Waals surface area contributed by atoms with Gasteiger partial charge in [-0.15, -0.1) is 11.8 Å². The molecule has 0 amide bonds. The van der Waals surface area contributed by atoms with Crippen LogP contribution in [0.4, 0.5) is 0 Å². The highest BCUT2D eigenvalue weighted by Crippen LogP contribution is 2.35.